The second-order valence-corrected chi connectivity index (χ2v) is 15.7. The molecular weight excluding hydrogens is 695 g/mol. The zero-order valence-electron chi connectivity index (χ0n) is 32.0. The number of nitrogens with one attached hydrogen (secondary N) is 1. The first-order valence-corrected chi connectivity index (χ1v) is 19.6. The van der Waals surface area contributed by atoms with E-state index in [1.807, 2.05) is 6.20 Å². The molecule has 0 amide bonds. The Kier molecular flexibility index (Phi) is 7.35. The fourth-order valence-corrected chi connectivity index (χ4v) is 8.90. The molecule has 0 radical (unpaired) electrons. The minimum Gasteiger partial charge on any atom is -0.354 e. The molecule has 7 aromatic carbocycles. The first-order chi connectivity index (χ1) is 27.9. The predicted molar refractivity (Wildman–Crippen MR) is 237 cm³/mol. The molecule has 0 saturated carbocycles. The highest BCUT2D eigenvalue weighted by Crippen LogP contribution is 2.42. The van der Waals surface area contributed by atoms with E-state index in [9.17, 15) is 0 Å². The van der Waals surface area contributed by atoms with Crippen molar-refractivity contribution in [3.8, 4) is 34.0 Å². The highest BCUT2D eigenvalue weighted by Gasteiger charge is 2.26. The summed E-state index contributed by atoms with van der Waals surface area (Å²) < 4.78 is 4.65. The van der Waals surface area contributed by atoms with Crippen LogP contribution in [0.5, 0.6) is 0 Å². The first-order valence-electron chi connectivity index (χ1n) is 19.6. The number of fused-ring (bicyclic) bond motifs is 7. The van der Waals surface area contributed by atoms with Crippen LogP contribution < -0.4 is 0 Å². The van der Waals surface area contributed by atoms with E-state index < -0.39 is 0 Å². The smallest absolute Gasteiger partial charge is 0.147 e. The monoisotopic (exact) mass is 733 g/mol. The third kappa shape index (κ3) is 5.16. The van der Waals surface area contributed by atoms with Gasteiger partial charge in [-0.3, -0.25) is 9.13 Å². The van der Waals surface area contributed by atoms with Crippen LogP contribution in [0.2, 0.25) is 0 Å². The number of hydrogen-bond donors (Lipinski definition) is 1. The van der Waals surface area contributed by atoms with E-state index in [0.717, 1.165) is 67.1 Å². The molecular formula is C52H39N5. The molecule has 0 unspecified atom stereocenters. The average molecular weight is 734 g/mol. The van der Waals surface area contributed by atoms with E-state index in [4.69, 9.17) is 9.97 Å². The summed E-state index contributed by atoms with van der Waals surface area (Å²) in [5.41, 5.74) is 14.3. The first kappa shape index (κ1) is 33.1. The Morgan fingerprint density at radius 2 is 1.23 bits per heavy atom. The van der Waals surface area contributed by atoms with E-state index in [0.29, 0.717) is 0 Å². The van der Waals surface area contributed by atoms with Crippen LogP contribution in [0.3, 0.4) is 0 Å². The Hall–Kier alpha value is -7.24. The van der Waals surface area contributed by atoms with Crippen molar-refractivity contribution >= 4 is 54.6 Å². The minimum absolute atomic E-state index is 0.190. The molecule has 4 heterocycles. The van der Waals surface area contributed by atoms with Crippen LogP contribution in [0.1, 0.15) is 30.5 Å². The molecule has 11 rings (SSSR count). The van der Waals surface area contributed by atoms with Crippen LogP contribution in [0.4, 0.5) is 0 Å². The lowest BCUT2D eigenvalue weighted by molar-refractivity contribution is 0.641. The number of aromatic amines is 1. The van der Waals surface area contributed by atoms with E-state index in [-0.39, 0.29) is 5.41 Å². The maximum atomic E-state index is 5.56. The SMILES string of the molecule is Cc1ccnc(-n2c3cc(-c4cccc5c4nc(-c4cccc6c4[nH]c4ccccc46)n5-c4ccccc4)ccc3c3ccc(C(C)(C)c4ccccc4)cc32)c1. The van der Waals surface area contributed by atoms with Crippen LogP contribution >= 0.6 is 0 Å². The van der Waals surface area contributed by atoms with Crippen molar-refractivity contribution in [3.63, 3.8) is 0 Å². The molecule has 0 bridgehead atoms. The fraction of sp³-hybridized carbons (Fsp3) is 0.0769. The number of nitrogens with zero attached hydrogens (tertiary/aromatic N) is 4. The van der Waals surface area contributed by atoms with Gasteiger partial charge >= 0.3 is 0 Å². The standard InChI is InChI=1S/C52H39N5/c1-33-28-29-53-48(30-33)57-46-31-34(24-26-40(46)41-27-25-36(32-47(41)57)52(2,3)35-14-6-4-7-15-35)38-19-13-23-45-50(38)55-51(56(45)37-16-8-5-9-17-37)43-21-12-20-42-39-18-10-11-22-44(39)54-49(42)43/h4-32,54H,1-3H3. The second kappa shape index (κ2) is 12.7. The van der Waals surface area contributed by atoms with Gasteiger partial charge in [-0.25, -0.2) is 9.97 Å². The number of para-hydroxylation sites is 4. The summed E-state index contributed by atoms with van der Waals surface area (Å²) in [5, 5.41) is 4.79. The molecule has 1 N–H and O–H groups in total. The van der Waals surface area contributed by atoms with E-state index in [2.05, 4.69) is 205 Å². The number of H-pyrrole nitrogens is 1. The van der Waals surface area contributed by atoms with E-state index >= 15 is 0 Å². The summed E-state index contributed by atoms with van der Waals surface area (Å²) in [4.78, 5) is 14.2. The number of aromatic nitrogens is 5. The predicted octanol–water partition coefficient (Wildman–Crippen LogP) is 13.1. The number of imidazole rings is 1. The summed E-state index contributed by atoms with van der Waals surface area (Å²) in [5.74, 6) is 1.80. The lowest BCUT2D eigenvalue weighted by Gasteiger charge is -2.26. The quantitative estimate of drug-likeness (QED) is 0.185. The Labute approximate surface area is 330 Å². The number of hydrogen-bond acceptors (Lipinski definition) is 2. The number of benzene rings is 7. The Bertz CT molecular complexity index is 3330. The summed E-state index contributed by atoms with van der Waals surface area (Å²) in [6, 6.07) is 61.0. The van der Waals surface area contributed by atoms with Gasteiger partial charge in [0.2, 0.25) is 0 Å². The van der Waals surface area contributed by atoms with Gasteiger partial charge in [-0.1, -0.05) is 129 Å². The Morgan fingerprint density at radius 3 is 2.05 bits per heavy atom. The maximum absolute atomic E-state index is 5.56. The van der Waals surface area contributed by atoms with Gasteiger partial charge in [0.05, 0.1) is 27.6 Å². The molecule has 0 aliphatic rings. The molecule has 272 valence electrons. The van der Waals surface area contributed by atoms with Crippen molar-refractivity contribution in [3.05, 3.63) is 193 Å². The lowest BCUT2D eigenvalue weighted by atomic mass is 9.78. The third-order valence-corrected chi connectivity index (χ3v) is 11.9. The largest absolute Gasteiger partial charge is 0.354 e. The van der Waals surface area contributed by atoms with Gasteiger partial charge in [0.25, 0.3) is 0 Å². The highest BCUT2D eigenvalue weighted by molar-refractivity contribution is 6.13. The van der Waals surface area contributed by atoms with Crippen LogP contribution in [0.25, 0.3) is 88.7 Å². The molecule has 0 fully saturated rings. The summed E-state index contributed by atoms with van der Waals surface area (Å²) in [6.07, 6.45) is 1.91. The summed E-state index contributed by atoms with van der Waals surface area (Å²) in [7, 11) is 0. The van der Waals surface area contributed by atoms with Crippen molar-refractivity contribution in [1.29, 1.82) is 0 Å². The molecule has 0 spiro atoms. The highest BCUT2D eigenvalue weighted by atomic mass is 15.1. The second-order valence-electron chi connectivity index (χ2n) is 15.7. The van der Waals surface area contributed by atoms with Crippen molar-refractivity contribution < 1.29 is 0 Å². The van der Waals surface area contributed by atoms with Crippen molar-refractivity contribution in [2.24, 2.45) is 0 Å². The zero-order valence-corrected chi connectivity index (χ0v) is 32.0. The van der Waals surface area contributed by atoms with Gasteiger partial charge in [0.1, 0.15) is 11.6 Å². The Morgan fingerprint density at radius 1 is 0.526 bits per heavy atom. The van der Waals surface area contributed by atoms with E-state index in [1.54, 1.807) is 0 Å². The topological polar surface area (TPSA) is 51.4 Å². The molecule has 11 aromatic rings. The van der Waals surface area contributed by atoms with Crippen LogP contribution in [0.15, 0.2) is 176 Å². The van der Waals surface area contributed by atoms with Crippen LogP contribution in [-0.4, -0.2) is 24.1 Å². The molecule has 57 heavy (non-hydrogen) atoms. The third-order valence-electron chi connectivity index (χ3n) is 11.9. The molecule has 0 aliphatic heterocycles. The van der Waals surface area contributed by atoms with Gasteiger partial charge in [-0.15, -0.1) is 0 Å². The average Bonchev–Trinajstić information content (AvgIpc) is 3.93. The molecule has 5 nitrogen and oxygen atoms in total. The van der Waals surface area contributed by atoms with Gasteiger partial charge in [0.15, 0.2) is 0 Å². The molecule has 0 atom stereocenters. The Balaban J connectivity index is 1.16. The number of rotatable bonds is 6. The fourth-order valence-electron chi connectivity index (χ4n) is 8.90. The zero-order chi connectivity index (χ0) is 38.3. The van der Waals surface area contributed by atoms with Crippen LogP contribution in [0, 0.1) is 6.92 Å². The van der Waals surface area contributed by atoms with Crippen molar-refractivity contribution in [2.45, 2.75) is 26.2 Å². The van der Waals surface area contributed by atoms with Gasteiger partial charge in [0, 0.05) is 55.5 Å². The van der Waals surface area contributed by atoms with Crippen molar-refractivity contribution in [2.75, 3.05) is 0 Å². The molecule has 0 saturated heterocycles. The number of pyridine rings is 1. The van der Waals surface area contributed by atoms with Crippen LogP contribution in [-0.2, 0) is 5.41 Å². The summed E-state index contributed by atoms with van der Waals surface area (Å²) >= 11 is 0. The minimum atomic E-state index is -0.190. The number of aryl methyl sites for hydroxylation is 1. The van der Waals surface area contributed by atoms with Crippen molar-refractivity contribution in [1.82, 2.24) is 24.1 Å². The normalized spacial score (nSPS) is 12.1. The molecule has 5 heteroatoms. The molecule has 4 aromatic heterocycles. The lowest BCUT2D eigenvalue weighted by Crippen LogP contribution is -2.18. The van der Waals surface area contributed by atoms with Gasteiger partial charge in [-0.05, 0) is 83.8 Å². The maximum Gasteiger partial charge on any atom is 0.147 e. The van der Waals surface area contributed by atoms with Gasteiger partial charge < -0.3 is 4.98 Å². The van der Waals surface area contributed by atoms with Gasteiger partial charge in [-0.2, -0.15) is 0 Å². The van der Waals surface area contributed by atoms with E-state index in [1.165, 1.54) is 38.2 Å². The summed E-state index contributed by atoms with van der Waals surface area (Å²) in [6.45, 7) is 6.75. The molecule has 0 aliphatic carbocycles.